The van der Waals surface area contributed by atoms with E-state index in [0.717, 1.165) is 25.7 Å². The third-order valence-electron chi connectivity index (χ3n) is 20.3. The fraction of sp³-hybridized carbons (Fsp3) is 0.400. The average Bonchev–Trinajstić information content (AvgIpc) is 3.70. The molecule has 7 aromatic rings. The molecular formula is C70H78BN3. The molecule has 376 valence electrons. The van der Waals surface area contributed by atoms with Crippen molar-refractivity contribution >= 4 is 62.9 Å². The van der Waals surface area contributed by atoms with E-state index in [2.05, 4.69) is 259 Å². The standard InChI is InChI=1S/C70H78BN3/c1-63(2,3)45-25-29-49(30-26-45)72-58-32-28-47(65(7,8)9)39-55(58)71-56-40-48(66(10,11)12)38-54-62(56)74(70(16)52-24-20-18-22-44(52)34-36-68(54,70)14)60-42-50(41-59(72)61(60)71)73-57-31-27-46(64(4,5)6)37-53(57)67(13)35-33-43-21-17-19-23-51(43)69(67,73)15/h17-32,37-42H,33-36H2,1-16H3. The molecule has 6 aliphatic rings. The smallest absolute Gasteiger partial charge is 0.252 e. The zero-order chi connectivity index (χ0) is 52.2. The normalized spacial score (nSPS) is 24.1. The van der Waals surface area contributed by atoms with Crippen LogP contribution in [0.5, 0.6) is 0 Å². The fourth-order valence-corrected chi connectivity index (χ4v) is 15.5. The van der Waals surface area contributed by atoms with Crippen LogP contribution in [0.3, 0.4) is 0 Å². The summed E-state index contributed by atoms with van der Waals surface area (Å²) in [6.07, 6.45) is 4.31. The van der Waals surface area contributed by atoms with Crippen LogP contribution >= 0.6 is 0 Å². The van der Waals surface area contributed by atoms with Gasteiger partial charge in [0.15, 0.2) is 0 Å². The zero-order valence-electron chi connectivity index (χ0n) is 47.4. The molecule has 0 N–H and O–H groups in total. The fourth-order valence-electron chi connectivity index (χ4n) is 15.5. The molecule has 0 aromatic heterocycles. The summed E-state index contributed by atoms with van der Waals surface area (Å²) < 4.78 is 0. The molecule has 0 saturated carbocycles. The molecule has 13 rings (SSSR count). The third kappa shape index (κ3) is 6.09. The Morgan fingerprint density at radius 1 is 0.392 bits per heavy atom. The van der Waals surface area contributed by atoms with Crippen LogP contribution in [0, 0.1) is 0 Å². The van der Waals surface area contributed by atoms with Crippen molar-refractivity contribution in [2.75, 3.05) is 14.7 Å². The Morgan fingerprint density at radius 3 is 1.45 bits per heavy atom. The number of benzene rings is 7. The summed E-state index contributed by atoms with van der Waals surface area (Å²) in [4.78, 5) is 8.44. The first-order valence-electron chi connectivity index (χ1n) is 28.1. The molecule has 4 heteroatoms. The SMILES string of the molecule is CC(C)(C)c1ccc(N2c3ccc(C(C)(C)C)cc3B3c4cc(C(C)(C)C)cc5c4N(c4cc(N6c7ccc(C(C)(C)C)cc7C7(C)CCc8ccccc8C67C)cc2c43)C2(C)c3ccccc3CCC52C)cc1. The van der Waals surface area contributed by atoms with E-state index >= 15 is 0 Å². The van der Waals surface area contributed by atoms with Gasteiger partial charge in [0.25, 0.3) is 6.71 Å². The highest BCUT2D eigenvalue weighted by Gasteiger charge is 2.65. The number of fused-ring (bicyclic) bond motifs is 14. The number of rotatable bonds is 2. The minimum Gasteiger partial charge on any atom is -0.331 e. The van der Waals surface area contributed by atoms with E-state index in [4.69, 9.17) is 0 Å². The summed E-state index contributed by atoms with van der Waals surface area (Å²) in [6, 6.07) is 54.2. The molecular weight excluding hydrogens is 894 g/mol. The molecule has 0 spiro atoms. The van der Waals surface area contributed by atoms with E-state index < -0.39 is 0 Å². The van der Waals surface area contributed by atoms with Gasteiger partial charge in [0, 0.05) is 50.6 Å². The predicted molar refractivity (Wildman–Crippen MR) is 317 cm³/mol. The number of hydrogen-bond acceptors (Lipinski definition) is 3. The van der Waals surface area contributed by atoms with Crippen LogP contribution in [0.25, 0.3) is 0 Å². The summed E-state index contributed by atoms with van der Waals surface area (Å²) in [5, 5.41) is 0. The van der Waals surface area contributed by atoms with Crippen LogP contribution in [0.1, 0.15) is 179 Å². The predicted octanol–water partition coefficient (Wildman–Crippen LogP) is 16.0. The lowest BCUT2D eigenvalue weighted by atomic mass is 9.33. The van der Waals surface area contributed by atoms with Gasteiger partial charge >= 0.3 is 0 Å². The average molecular weight is 972 g/mol. The second kappa shape index (κ2) is 14.9. The molecule has 2 aliphatic carbocycles. The quantitative estimate of drug-likeness (QED) is 0.160. The summed E-state index contributed by atoms with van der Waals surface area (Å²) in [5.74, 6) is 0. The van der Waals surface area contributed by atoms with Gasteiger partial charge in [0.1, 0.15) is 0 Å². The molecule has 3 nitrogen and oxygen atoms in total. The lowest BCUT2D eigenvalue weighted by Gasteiger charge is -2.54. The van der Waals surface area contributed by atoms with E-state index in [1.165, 1.54) is 112 Å². The Morgan fingerprint density at radius 2 is 0.865 bits per heavy atom. The Labute approximate surface area is 444 Å². The first-order chi connectivity index (χ1) is 34.7. The maximum Gasteiger partial charge on any atom is 0.252 e. The van der Waals surface area contributed by atoms with Crippen molar-refractivity contribution in [3.8, 4) is 0 Å². The Balaban J connectivity index is 1.20. The molecule has 4 heterocycles. The van der Waals surface area contributed by atoms with Gasteiger partial charge in [-0.1, -0.05) is 194 Å². The summed E-state index contributed by atoms with van der Waals surface area (Å²) in [5.41, 5.74) is 26.7. The van der Waals surface area contributed by atoms with Crippen LogP contribution in [0.2, 0.25) is 0 Å². The summed E-state index contributed by atoms with van der Waals surface area (Å²) in [6.45, 7) is 39.0. The molecule has 74 heavy (non-hydrogen) atoms. The monoisotopic (exact) mass is 972 g/mol. The van der Waals surface area contributed by atoms with Gasteiger partial charge < -0.3 is 14.7 Å². The second-order valence-electron chi connectivity index (χ2n) is 28.5. The lowest BCUT2D eigenvalue weighted by Crippen LogP contribution is -2.64. The maximum atomic E-state index is 2.93. The molecule has 0 fully saturated rings. The molecule has 4 atom stereocenters. The summed E-state index contributed by atoms with van der Waals surface area (Å²) >= 11 is 0. The van der Waals surface area contributed by atoms with E-state index in [0.29, 0.717) is 0 Å². The molecule has 0 amide bonds. The molecule has 0 radical (unpaired) electrons. The number of nitrogens with zero attached hydrogens (tertiary/aromatic N) is 3. The molecule has 4 aliphatic heterocycles. The zero-order valence-corrected chi connectivity index (χ0v) is 47.4. The van der Waals surface area contributed by atoms with Crippen molar-refractivity contribution in [2.45, 2.75) is 180 Å². The minimum absolute atomic E-state index is 0.0160. The van der Waals surface area contributed by atoms with E-state index in [1.54, 1.807) is 0 Å². The summed E-state index contributed by atoms with van der Waals surface area (Å²) in [7, 11) is 0. The van der Waals surface area contributed by atoms with Crippen LogP contribution < -0.4 is 31.1 Å². The lowest BCUT2D eigenvalue weighted by molar-refractivity contribution is 0.244. The van der Waals surface area contributed by atoms with Gasteiger partial charge in [0.05, 0.1) is 11.1 Å². The van der Waals surface area contributed by atoms with E-state index in [1.807, 2.05) is 0 Å². The largest absolute Gasteiger partial charge is 0.331 e. The first-order valence-corrected chi connectivity index (χ1v) is 28.1. The van der Waals surface area contributed by atoms with Crippen molar-refractivity contribution in [1.82, 2.24) is 0 Å². The highest BCUT2D eigenvalue weighted by atomic mass is 15.3. The Kier molecular flexibility index (Phi) is 9.60. The third-order valence-corrected chi connectivity index (χ3v) is 20.3. The maximum absolute atomic E-state index is 2.93. The molecule has 4 unspecified atom stereocenters. The number of hydrogen-bond donors (Lipinski definition) is 0. The number of aryl methyl sites for hydroxylation is 2. The van der Waals surface area contributed by atoms with Crippen LogP contribution in [-0.4, -0.2) is 6.71 Å². The van der Waals surface area contributed by atoms with Gasteiger partial charge in [-0.3, -0.25) is 0 Å². The van der Waals surface area contributed by atoms with Crippen LogP contribution in [-0.2, 0) is 56.4 Å². The van der Waals surface area contributed by atoms with Crippen molar-refractivity contribution in [3.05, 3.63) is 189 Å². The Bertz CT molecular complexity index is 3540. The van der Waals surface area contributed by atoms with Gasteiger partial charge in [-0.15, -0.1) is 0 Å². The van der Waals surface area contributed by atoms with Crippen molar-refractivity contribution in [2.24, 2.45) is 0 Å². The number of anilines is 7. The first kappa shape index (κ1) is 47.7. The minimum atomic E-state index is -0.380. The van der Waals surface area contributed by atoms with Crippen molar-refractivity contribution in [3.63, 3.8) is 0 Å². The van der Waals surface area contributed by atoms with Gasteiger partial charge in [-0.2, -0.15) is 0 Å². The van der Waals surface area contributed by atoms with Gasteiger partial charge in [-0.05, 0) is 170 Å². The van der Waals surface area contributed by atoms with Crippen molar-refractivity contribution < 1.29 is 0 Å². The Hall–Kier alpha value is -6.00. The highest BCUT2D eigenvalue weighted by molar-refractivity contribution is 7.00. The van der Waals surface area contributed by atoms with E-state index in [9.17, 15) is 0 Å². The highest BCUT2D eigenvalue weighted by Crippen LogP contribution is 2.68. The van der Waals surface area contributed by atoms with E-state index in [-0.39, 0.29) is 50.3 Å². The molecule has 0 bridgehead atoms. The molecule has 0 saturated heterocycles. The second-order valence-corrected chi connectivity index (χ2v) is 28.5. The van der Waals surface area contributed by atoms with Crippen molar-refractivity contribution in [1.29, 1.82) is 0 Å². The van der Waals surface area contributed by atoms with Crippen LogP contribution in [0.4, 0.5) is 39.8 Å². The van der Waals surface area contributed by atoms with Crippen LogP contribution in [0.15, 0.2) is 133 Å². The topological polar surface area (TPSA) is 9.72 Å². The molecule has 7 aromatic carbocycles. The van der Waals surface area contributed by atoms with Gasteiger partial charge in [0.2, 0.25) is 0 Å². The van der Waals surface area contributed by atoms with Gasteiger partial charge in [-0.25, -0.2) is 0 Å².